The number of hydrogen-bond acceptors (Lipinski definition) is 4. The van der Waals surface area contributed by atoms with Gasteiger partial charge in [0.1, 0.15) is 0 Å². The van der Waals surface area contributed by atoms with Crippen molar-refractivity contribution in [3.05, 3.63) is 29.8 Å². The van der Waals surface area contributed by atoms with E-state index in [0.717, 1.165) is 24.8 Å². The molecule has 5 nitrogen and oxygen atoms in total. The third kappa shape index (κ3) is 4.51. The summed E-state index contributed by atoms with van der Waals surface area (Å²) in [5, 5.41) is 13.1. The van der Waals surface area contributed by atoms with Crippen molar-refractivity contribution in [3.8, 4) is 0 Å². The van der Waals surface area contributed by atoms with Crippen LogP contribution in [0.3, 0.4) is 0 Å². The molecule has 6 heteroatoms. The molecule has 1 aliphatic carbocycles. The van der Waals surface area contributed by atoms with Gasteiger partial charge in [0.05, 0.1) is 11.0 Å². The second kappa shape index (κ2) is 7.35. The van der Waals surface area contributed by atoms with Gasteiger partial charge in [-0.25, -0.2) is 13.1 Å². The molecule has 0 aromatic heterocycles. The molecule has 1 fully saturated rings. The van der Waals surface area contributed by atoms with E-state index < -0.39 is 16.1 Å². The van der Waals surface area contributed by atoms with Crippen LogP contribution in [0.15, 0.2) is 29.2 Å². The average molecular weight is 312 g/mol. The highest BCUT2D eigenvalue weighted by Crippen LogP contribution is 2.20. The fraction of sp³-hybridized carbons (Fsp3) is 0.600. The van der Waals surface area contributed by atoms with Crippen LogP contribution in [-0.4, -0.2) is 32.7 Å². The minimum atomic E-state index is -3.57. The van der Waals surface area contributed by atoms with Gasteiger partial charge in [-0.15, -0.1) is 0 Å². The Bertz CT molecular complexity index is 543. The molecule has 0 amide bonds. The van der Waals surface area contributed by atoms with Gasteiger partial charge in [0.25, 0.3) is 0 Å². The highest BCUT2D eigenvalue weighted by molar-refractivity contribution is 7.89. The molecule has 21 heavy (non-hydrogen) atoms. The third-order valence-corrected chi connectivity index (χ3v) is 5.41. The van der Waals surface area contributed by atoms with Crippen molar-refractivity contribution >= 4 is 10.0 Å². The molecule has 0 saturated heterocycles. The SMILES string of the molecule is CNCc1ccc(S(=O)(=O)NC2CCCCCC2O)cc1. The van der Waals surface area contributed by atoms with Crippen molar-refractivity contribution in [2.75, 3.05) is 7.05 Å². The lowest BCUT2D eigenvalue weighted by atomic mass is 10.1. The van der Waals surface area contributed by atoms with Crippen LogP contribution in [0.2, 0.25) is 0 Å². The number of sulfonamides is 1. The molecule has 3 N–H and O–H groups in total. The van der Waals surface area contributed by atoms with Gasteiger partial charge in [-0.3, -0.25) is 0 Å². The van der Waals surface area contributed by atoms with E-state index in [4.69, 9.17) is 0 Å². The molecule has 118 valence electrons. The first-order chi connectivity index (χ1) is 10.0. The summed E-state index contributed by atoms with van der Waals surface area (Å²) >= 11 is 0. The van der Waals surface area contributed by atoms with Gasteiger partial charge in [0.15, 0.2) is 0 Å². The zero-order valence-corrected chi connectivity index (χ0v) is 13.2. The zero-order chi connectivity index (χ0) is 15.3. The molecule has 1 aliphatic rings. The molecule has 0 bridgehead atoms. The minimum absolute atomic E-state index is 0.249. The first kappa shape index (κ1) is 16.4. The maximum atomic E-state index is 12.4. The molecule has 0 radical (unpaired) electrons. The van der Waals surface area contributed by atoms with Crippen molar-refractivity contribution in [1.29, 1.82) is 0 Å². The molecule has 1 aromatic carbocycles. The fourth-order valence-corrected chi connectivity index (χ4v) is 3.99. The monoisotopic (exact) mass is 312 g/mol. The summed E-state index contributed by atoms with van der Waals surface area (Å²) in [4.78, 5) is 0.249. The molecule has 2 rings (SSSR count). The second-order valence-corrected chi connectivity index (χ2v) is 7.32. The summed E-state index contributed by atoms with van der Waals surface area (Å²) in [5.74, 6) is 0. The molecule has 2 unspecified atom stereocenters. The van der Waals surface area contributed by atoms with E-state index in [2.05, 4.69) is 10.0 Å². The summed E-state index contributed by atoms with van der Waals surface area (Å²) in [6.45, 7) is 0.703. The maximum absolute atomic E-state index is 12.4. The zero-order valence-electron chi connectivity index (χ0n) is 12.4. The van der Waals surface area contributed by atoms with Crippen LogP contribution >= 0.6 is 0 Å². The summed E-state index contributed by atoms with van der Waals surface area (Å²) < 4.78 is 27.4. The van der Waals surface area contributed by atoms with Gasteiger partial charge in [-0.1, -0.05) is 31.4 Å². The lowest BCUT2D eigenvalue weighted by molar-refractivity contribution is 0.130. The van der Waals surface area contributed by atoms with Crippen molar-refractivity contribution in [2.45, 2.75) is 55.7 Å². The van der Waals surface area contributed by atoms with Gasteiger partial charge in [-0.2, -0.15) is 0 Å². The smallest absolute Gasteiger partial charge is 0.240 e. The Balaban J connectivity index is 2.09. The van der Waals surface area contributed by atoms with E-state index in [0.29, 0.717) is 19.4 Å². The Labute approximate surface area is 126 Å². The number of aliphatic hydroxyl groups excluding tert-OH is 1. The number of rotatable bonds is 5. The quantitative estimate of drug-likeness (QED) is 0.718. The van der Waals surface area contributed by atoms with Crippen molar-refractivity contribution < 1.29 is 13.5 Å². The molecule has 0 aliphatic heterocycles. The lowest BCUT2D eigenvalue weighted by Crippen LogP contribution is -2.42. The highest BCUT2D eigenvalue weighted by atomic mass is 32.2. The van der Waals surface area contributed by atoms with E-state index in [1.54, 1.807) is 24.3 Å². The summed E-state index contributed by atoms with van der Waals surface area (Å²) in [6, 6.07) is 6.44. The van der Waals surface area contributed by atoms with E-state index >= 15 is 0 Å². The fourth-order valence-electron chi connectivity index (χ4n) is 2.68. The number of hydrogen-bond donors (Lipinski definition) is 3. The van der Waals surface area contributed by atoms with Crippen LogP contribution in [0, 0.1) is 0 Å². The standard InChI is InChI=1S/C15H24N2O3S/c1-16-11-12-7-9-13(10-8-12)21(19,20)17-14-5-3-2-4-6-15(14)18/h7-10,14-18H,2-6,11H2,1H3. The van der Waals surface area contributed by atoms with Gasteiger partial charge >= 0.3 is 0 Å². The first-order valence-corrected chi connectivity index (χ1v) is 8.95. The van der Waals surface area contributed by atoms with Gasteiger partial charge in [0.2, 0.25) is 10.0 Å². The molecule has 0 spiro atoms. The maximum Gasteiger partial charge on any atom is 0.240 e. The van der Waals surface area contributed by atoms with Crippen LogP contribution in [0.5, 0.6) is 0 Å². The lowest BCUT2D eigenvalue weighted by Gasteiger charge is -2.21. The summed E-state index contributed by atoms with van der Waals surface area (Å²) in [6.07, 6.45) is 3.72. The first-order valence-electron chi connectivity index (χ1n) is 7.47. The Morgan fingerprint density at radius 1 is 1.14 bits per heavy atom. The van der Waals surface area contributed by atoms with Crippen molar-refractivity contribution in [1.82, 2.24) is 10.0 Å². The highest BCUT2D eigenvalue weighted by Gasteiger charge is 2.26. The third-order valence-electron chi connectivity index (χ3n) is 3.90. The predicted molar refractivity (Wildman–Crippen MR) is 82.4 cm³/mol. The van der Waals surface area contributed by atoms with Gasteiger partial charge < -0.3 is 10.4 Å². The van der Waals surface area contributed by atoms with Crippen LogP contribution < -0.4 is 10.0 Å². The molecule has 1 aromatic rings. The van der Waals surface area contributed by atoms with Gasteiger partial charge in [-0.05, 0) is 37.6 Å². The Hall–Kier alpha value is -0.950. The van der Waals surface area contributed by atoms with Crippen molar-refractivity contribution in [2.24, 2.45) is 0 Å². The second-order valence-electron chi connectivity index (χ2n) is 5.61. The van der Waals surface area contributed by atoms with Crippen LogP contribution in [0.25, 0.3) is 0 Å². The number of nitrogens with one attached hydrogen (secondary N) is 2. The van der Waals surface area contributed by atoms with E-state index in [1.807, 2.05) is 7.05 Å². The molecular weight excluding hydrogens is 288 g/mol. The van der Waals surface area contributed by atoms with E-state index in [9.17, 15) is 13.5 Å². The molecule has 0 heterocycles. The Morgan fingerprint density at radius 2 is 1.81 bits per heavy atom. The summed E-state index contributed by atoms with van der Waals surface area (Å²) in [7, 11) is -1.72. The average Bonchev–Trinajstić information content (AvgIpc) is 2.65. The normalized spacial score (nSPS) is 23.7. The largest absolute Gasteiger partial charge is 0.391 e. The molecular formula is C15H24N2O3S. The van der Waals surface area contributed by atoms with Crippen LogP contribution in [0.1, 0.15) is 37.7 Å². The number of aliphatic hydroxyl groups is 1. The van der Waals surface area contributed by atoms with E-state index in [1.165, 1.54) is 0 Å². The Kier molecular flexibility index (Phi) is 5.75. The van der Waals surface area contributed by atoms with Crippen LogP contribution in [-0.2, 0) is 16.6 Å². The van der Waals surface area contributed by atoms with Crippen molar-refractivity contribution in [3.63, 3.8) is 0 Å². The topological polar surface area (TPSA) is 78.4 Å². The molecule has 1 saturated carbocycles. The minimum Gasteiger partial charge on any atom is -0.391 e. The van der Waals surface area contributed by atoms with E-state index in [-0.39, 0.29) is 10.9 Å². The predicted octanol–water partition coefficient (Wildman–Crippen LogP) is 1.38. The Morgan fingerprint density at radius 3 is 2.48 bits per heavy atom. The van der Waals surface area contributed by atoms with Crippen LogP contribution in [0.4, 0.5) is 0 Å². The summed E-state index contributed by atoms with van der Waals surface area (Å²) in [5.41, 5.74) is 1.03. The molecule has 2 atom stereocenters. The number of benzene rings is 1. The van der Waals surface area contributed by atoms with Gasteiger partial charge in [0, 0.05) is 12.6 Å².